The lowest BCUT2D eigenvalue weighted by molar-refractivity contribution is -0.137. The molecule has 1 aromatic carbocycles. The van der Waals surface area contributed by atoms with Gasteiger partial charge in [0.15, 0.2) is 23.1 Å². The van der Waals surface area contributed by atoms with Gasteiger partial charge < -0.3 is 19.8 Å². The second-order valence-corrected chi connectivity index (χ2v) is 11.5. The number of hydrogen-bond donors (Lipinski definition) is 2. The fraction of sp³-hybridized carbons (Fsp3) is 0.536. The summed E-state index contributed by atoms with van der Waals surface area (Å²) >= 11 is 0. The number of ether oxygens (including phenoxy) is 1. The normalized spacial score (nSPS) is 21.7. The number of aromatic hydroxyl groups is 1. The summed E-state index contributed by atoms with van der Waals surface area (Å²) in [4.78, 5) is 40.9. The van der Waals surface area contributed by atoms with Gasteiger partial charge in [-0.25, -0.2) is 0 Å². The number of carboxylic acids is 1. The van der Waals surface area contributed by atoms with Crippen molar-refractivity contribution in [2.45, 2.75) is 72.6 Å². The minimum Gasteiger partial charge on any atom is -0.504 e. The van der Waals surface area contributed by atoms with Crippen LogP contribution >= 0.6 is 0 Å². The fourth-order valence-corrected chi connectivity index (χ4v) is 5.84. The first-order valence-corrected chi connectivity index (χ1v) is 12.3. The summed E-state index contributed by atoms with van der Waals surface area (Å²) in [6.45, 7) is 10.6. The monoisotopic (exact) mass is 481 g/mol. The van der Waals surface area contributed by atoms with Crippen molar-refractivity contribution in [1.29, 1.82) is 0 Å². The fourth-order valence-electron chi connectivity index (χ4n) is 5.84. The number of Topliss-reactive ketones (excluding diaryl/α,β-unsaturated/α-hetero) is 2. The highest BCUT2D eigenvalue weighted by atomic mass is 16.5. The quantitative estimate of drug-likeness (QED) is 0.592. The number of carbonyl (C=O) groups is 3. The van der Waals surface area contributed by atoms with E-state index in [4.69, 9.17) is 4.74 Å². The molecule has 7 heteroatoms. The van der Waals surface area contributed by atoms with Crippen LogP contribution in [-0.4, -0.2) is 45.8 Å². The molecule has 0 atom stereocenters. The summed E-state index contributed by atoms with van der Waals surface area (Å²) in [6, 6.07) is 5.03. The zero-order valence-corrected chi connectivity index (χ0v) is 21.2. The van der Waals surface area contributed by atoms with Gasteiger partial charge in [-0.05, 0) is 48.3 Å². The number of rotatable bonds is 6. The Morgan fingerprint density at radius 1 is 1.00 bits per heavy atom. The van der Waals surface area contributed by atoms with Crippen molar-refractivity contribution in [2.24, 2.45) is 10.8 Å². The first-order chi connectivity index (χ1) is 16.3. The van der Waals surface area contributed by atoms with E-state index >= 15 is 0 Å². The van der Waals surface area contributed by atoms with Crippen molar-refractivity contribution >= 4 is 17.5 Å². The van der Waals surface area contributed by atoms with Gasteiger partial charge in [0.25, 0.3) is 0 Å². The summed E-state index contributed by atoms with van der Waals surface area (Å²) in [5.41, 5.74) is 2.98. The average molecular weight is 482 g/mol. The molecular weight excluding hydrogens is 446 g/mol. The van der Waals surface area contributed by atoms with Gasteiger partial charge in [-0.15, -0.1) is 0 Å². The first kappa shape index (κ1) is 25.0. The lowest BCUT2D eigenvalue weighted by Crippen LogP contribution is -2.45. The van der Waals surface area contributed by atoms with Crippen LogP contribution in [0.2, 0.25) is 0 Å². The van der Waals surface area contributed by atoms with E-state index in [1.807, 2.05) is 39.5 Å². The summed E-state index contributed by atoms with van der Waals surface area (Å²) in [5, 5.41) is 19.7. The van der Waals surface area contributed by atoms with Gasteiger partial charge in [-0.2, -0.15) is 0 Å². The molecule has 3 aliphatic rings. The van der Waals surface area contributed by atoms with Crippen molar-refractivity contribution in [1.82, 2.24) is 4.90 Å². The number of ketones is 2. The van der Waals surface area contributed by atoms with Gasteiger partial charge >= 0.3 is 5.97 Å². The highest BCUT2D eigenvalue weighted by Gasteiger charge is 2.49. The molecule has 1 aliphatic heterocycles. The van der Waals surface area contributed by atoms with Crippen molar-refractivity contribution < 1.29 is 29.3 Å². The second-order valence-electron chi connectivity index (χ2n) is 11.5. The molecule has 2 aliphatic carbocycles. The molecule has 35 heavy (non-hydrogen) atoms. The number of hydrogen-bond acceptors (Lipinski definition) is 6. The minimum absolute atomic E-state index is 0.00473. The molecule has 7 nitrogen and oxygen atoms in total. The van der Waals surface area contributed by atoms with E-state index < -0.39 is 11.9 Å². The van der Waals surface area contributed by atoms with Crippen LogP contribution in [0.1, 0.15) is 78.2 Å². The average Bonchev–Trinajstić information content (AvgIpc) is 2.71. The van der Waals surface area contributed by atoms with Gasteiger partial charge in [0.05, 0.1) is 13.0 Å². The largest absolute Gasteiger partial charge is 0.504 e. The highest BCUT2D eigenvalue weighted by molar-refractivity contribution is 6.06. The van der Waals surface area contributed by atoms with Crippen LogP contribution in [0.5, 0.6) is 11.5 Å². The van der Waals surface area contributed by atoms with E-state index in [-0.39, 0.29) is 41.1 Å². The van der Waals surface area contributed by atoms with Crippen LogP contribution in [0.3, 0.4) is 0 Å². The molecule has 0 saturated heterocycles. The third kappa shape index (κ3) is 4.73. The Bertz CT molecular complexity index is 1100. The summed E-state index contributed by atoms with van der Waals surface area (Å²) in [7, 11) is 0. The molecule has 2 N–H and O–H groups in total. The topological polar surface area (TPSA) is 104 Å². The Hall–Kier alpha value is -3.09. The maximum absolute atomic E-state index is 13.7. The van der Waals surface area contributed by atoms with E-state index in [1.165, 1.54) is 0 Å². The molecule has 188 valence electrons. The maximum atomic E-state index is 13.7. The molecule has 0 fully saturated rings. The lowest BCUT2D eigenvalue weighted by atomic mass is 9.63. The summed E-state index contributed by atoms with van der Waals surface area (Å²) in [6.07, 6.45) is 1.86. The molecule has 0 aromatic heterocycles. The number of aliphatic carboxylic acids is 1. The Morgan fingerprint density at radius 2 is 1.54 bits per heavy atom. The van der Waals surface area contributed by atoms with Crippen LogP contribution in [0.15, 0.2) is 40.7 Å². The molecule has 0 saturated carbocycles. The number of nitrogens with zero attached hydrogens (tertiary/aromatic N) is 1. The van der Waals surface area contributed by atoms with Crippen LogP contribution in [0.4, 0.5) is 0 Å². The molecule has 0 spiro atoms. The van der Waals surface area contributed by atoms with Gasteiger partial charge in [-0.3, -0.25) is 14.4 Å². The van der Waals surface area contributed by atoms with Crippen molar-refractivity contribution in [3.8, 4) is 11.5 Å². The Balaban J connectivity index is 1.98. The predicted octanol–water partition coefficient (Wildman–Crippen LogP) is 4.95. The van der Waals surface area contributed by atoms with Crippen molar-refractivity contribution in [3.63, 3.8) is 0 Å². The molecule has 4 rings (SSSR count). The van der Waals surface area contributed by atoms with Crippen LogP contribution in [-0.2, 0) is 14.4 Å². The smallest absolute Gasteiger partial charge is 0.305 e. The number of phenolic OH excluding ortho intramolecular Hbond substituents is 1. The molecule has 0 radical (unpaired) electrons. The molecule has 0 bridgehead atoms. The number of allylic oxidation sites excluding steroid dienone is 4. The van der Waals surface area contributed by atoms with Gasteiger partial charge in [-0.1, -0.05) is 33.8 Å². The lowest BCUT2D eigenvalue weighted by Gasteiger charge is -2.49. The van der Waals surface area contributed by atoms with Crippen LogP contribution in [0.25, 0.3) is 0 Å². The molecule has 1 heterocycles. The maximum Gasteiger partial charge on any atom is 0.305 e. The zero-order valence-electron chi connectivity index (χ0n) is 21.2. The first-order valence-electron chi connectivity index (χ1n) is 12.3. The third-order valence-corrected chi connectivity index (χ3v) is 7.19. The summed E-state index contributed by atoms with van der Waals surface area (Å²) < 4.78 is 5.62. The molecular formula is C28H35NO6. The molecule has 0 amide bonds. The second kappa shape index (κ2) is 8.85. The Kier molecular flexibility index (Phi) is 6.32. The van der Waals surface area contributed by atoms with Crippen molar-refractivity contribution in [2.75, 3.05) is 13.2 Å². The van der Waals surface area contributed by atoms with E-state index in [9.17, 15) is 24.6 Å². The van der Waals surface area contributed by atoms with Gasteiger partial charge in [0, 0.05) is 47.8 Å². The van der Waals surface area contributed by atoms with Gasteiger partial charge in [0.2, 0.25) is 0 Å². The minimum atomic E-state index is -0.917. The Morgan fingerprint density at radius 3 is 2.03 bits per heavy atom. The number of benzene rings is 1. The summed E-state index contributed by atoms with van der Waals surface area (Å²) in [5.74, 6) is -1.19. The van der Waals surface area contributed by atoms with E-state index in [0.29, 0.717) is 49.2 Å². The van der Waals surface area contributed by atoms with Gasteiger partial charge in [0.1, 0.15) is 0 Å². The van der Waals surface area contributed by atoms with E-state index in [0.717, 1.165) is 17.0 Å². The van der Waals surface area contributed by atoms with Crippen molar-refractivity contribution in [3.05, 3.63) is 46.3 Å². The number of carboxylic acid groups (broad SMARTS) is 1. The molecule has 1 aromatic rings. The van der Waals surface area contributed by atoms with Crippen LogP contribution < -0.4 is 4.74 Å². The molecule has 0 unspecified atom stereocenters. The zero-order chi connectivity index (χ0) is 25.7. The van der Waals surface area contributed by atoms with Crippen LogP contribution in [0, 0.1) is 10.8 Å². The Labute approximate surface area is 206 Å². The number of phenols is 1. The van der Waals surface area contributed by atoms with E-state index in [1.54, 1.807) is 18.2 Å². The predicted molar refractivity (Wildman–Crippen MR) is 131 cm³/mol. The number of carbonyl (C=O) groups excluding carboxylic acids is 2. The highest BCUT2D eigenvalue weighted by Crippen LogP contribution is 2.54. The SMILES string of the molecule is CCOc1cc(C2C3=C(CC(C)(C)CC3=O)N(CCC(=O)O)C3=C2C(=O)CC(C)(C)C3)ccc1O. The van der Waals surface area contributed by atoms with E-state index in [2.05, 4.69) is 0 Å². The third-order valence-electron chi connectivity index (χ3n) is 7.19. The standard InChI is InChI=1S/C28H35NO6/c1-6-35-22-11-16(7-8-19(22)30)24-25-17(12-27(2,3)14-20(25)31)29(10-9-23(33)34)18-13-28(4,5)15-21(32)26(18)24/h7-8,11,24,30H,6,9-10,12-15H2,1-5H3,(H,33,34).